The molecular weight excluding hydrogens is 411 g/mol. The van der Waals surface area contributed by atoms with Crippen LogP contribution in [0.4, 0.5) is 5.00 Å². The van der Waals surface area contributed by atoms with Gasteiger partial charge in [-0.05, 0) is 24.6 Å². The third kappa shape index (κ3) is 7.68. The molecule has 0 unspecified atom stereocenters. The molecule has 0 amide bonds. The van der Waals surface area contributed by atoms with Crippen molar-refractivity contribution < 1.29 is 4.79 Å². The van der Waals surface area contributed by atoms with Crippen molar-refractivity contribution in [3.8, 4) is 0 Å². The van der Waals surface area contributed by atoms with Crippen LogP contribution < -0.4 is 4.90 Å². The van der Waals surface area contributed by atoms with Crippen molar-refractivity contribution in [1.29, 1.82) is 0 Å². The smallest absolute Gasteiger partial charge is 0.156 e. The van der Waals surface area contributed by atoms with E-state index in [1.807, 2.05) is 17.4 Å². The van der Waals surface area contributed by atoms with E-state index >= 15 is 0 Å². The zero-order valence-corrected chi connectivity index (χ0v) is 19.5. The minimum absolute atomic E-state index is 0.658. The second-order valence-corrected chi connectivity index (χ2v) is 10.4. The molecule has 2 aromatic heterocycles. The quantitative estimate of drug-likeness (QED) is 0.130. The molecule has 0 atom stereocenters. The largest absolute Gasteiger partial charge is 0.366 e. The van der Waals surface area contributed by atoms with Crippen LogP contribution in [0.15, 0.2) is 17.0 Å². The standard InChI is InChI=1S/C21H29NOS4/c1-3-4-5-6-7-8-9-10-11-22(2)21-14-20-19(27-21)13-17(26-20)12-18(15-23)25-16-24/h12-16H,3-11H2,1-2H3/b18-12-. The summed E-state index contributed by atoms with van der Waals surface area (Å²) in [4.78, 5) is 15.2. The van der Waals surface area contributed by atoms with Gasteiger partial charge in [-0.2, -0.15) is 0 Å². The van der Waals surface area contributed by atoms with Gasteiger partial charge in [0.1, 0.15) is 0 Å². The maximum absolute atomic E-state index is 11.1. The number of unbranched alkanes of at least 4 members (excludes halogenated alkanes) is 7. The summed E-state index contributed by atoms with van der Waals surface area (Å²) in [5, 5.41) is 1.33. The van der Waals surface area contributed by atoms with Crippen LogP contribution in [0.1, 0.15) is 63.2 Å². The monoisotopic (exact) mass is 439 g/mol. The van der Waals surface area contributed by atoms with E-state index in [-0.39, 0.29) is 0 Å². The van der Waals surface area contributed by atoms with E-state index < -0.39 is 0 Å². The van der Waals surface area contributed by atoms with Crippen LogP contribution in [0, 0.1) is 0 Å². The number of anilines is 1. The van der Waals surface area contributed by atoms with Gasteiger partial charge in [0, 0.05) is 32.6 Å². The Kier molecular flexibility index (Phi) is 10.6. The number of carbonyl (C=O) groups excluding carboxylic acids is 1. The first kappa shape index (κ1) is 22.6. The topological polar surface area (TPSA) is 20.3 Å². The molecule has 148 valence electrons. The van der Waals surface area contributed by atoms with E-state index in [1.165, 1.54) is 82.2 Å². The summed E-state index contributed by atoms with van der Waals surface area (Å²) in [6, 6.07) is 4.45. The average Bonchev–Trinajstić information content (AvgIpc) is 3.22. The van der Waals surface area contributed by atoms with Crippen LogP contribution in [0.3, 0.4) is 0 Å². The van der Waals surface area contributed by atoms with Crippen molar-refractivity contribution in [2.75, 3.05) is 18.5 Å². The minimum atomic E-state index is 0.658. The second-order valence-electron chi connectivity index (χ2n) is 6.74. The van der Waals surface area contributed by atoms with Crippen molar-refractivity contribution in [3.63, 3.8) is 0 Å². The van der Waals surface area contributed by atoms with E-state index in [1.54, 1.807) is 11.3 Å². The first-order valence-electron chi connectivity index (χ1n) is 9.69. The van der Waals surface area contributed by atoms with Gasteiger partial charge in [-0.1, -0.05) is 75.8 Å². The highest BCUT2D eigenvalue weighted by Crippen LogP contribution is 2.38. The van der Waals surface area contributed by atoms with Crippen molar-refractivity contribution >= 4 is 78.1 Å². The Morgan fingerprint density at radius 3 is 2.37 bits per heavy atom. The zero-order valence-electron chi connectivity index (χ0n) is 16.2. The molecular formula is C21H29NOS4. The molecule has 6 heteroatoms. The summed E-state index contributed by atoms with van der Waals surface area (Å²) in [6.45, 7) is 3.39. The van der Waals surface area contributed by atoms with E-state index in [9.17, 15) is 4.79 Å². The highest BCUT2D eigenvalue weighted by molar-refractivity contribution is 8.23. The Bertz CT molecular complexity index is 715. The normalized spacial score (nSPS) is 11.9. The SMILES string of the molecule is CCCCCCCCCCN(C)c1cc2sc(/C=C(/C=O)SC=S)cc2s1. The van der Waals surface area contributed by atoms with Crippen molar-refractivity contribution in [2.45, 2.75) is 58.3 Å². The molecule has 0 saturated carbocycles. The molecule has 0 aliphatic heterocycles. The van der Waals surface area contributed by atoms with Gasteiger partial charge >= 0.3 is 0 Å². The highest BCUT2D eigenvalue weighted by atomic mass is 32.2. The molecule has 2 rings (SSSR count). The van der Waals surface area contributed by atoms with E-state index in [2.05, 4.69) is 31.0 Å². The van der Waals surface area contributed by atoms with Crippen LogP contribution in [0.5, 0.6) is 0 Å². The van der Waals surface area contributed by atoms with Crippen molar-refractivity contribution in [3.05, 3.63) is 21.9 Å². The number of thioether (sulfide) groups is 1. The van der Waals surface area contributed by atoms with Gasteiger partial charge < -0.3 is 4.90 Å². The Morgan fingerprint density at radius 1 is 1.07 bits per heavy atom. The van der Waals surface area contributed by atoms with Gasteiger partial charge in [0.2, 0.25) is 0 Å². The van der Waals surface area contributed by atoms with E-state index in [0.717, 1.165) is 17.7 Å². The summed E-state index contributed by atoms with van der Waals surface area (Å²) in [5.41, 5.74) is 0. The maximum atomic E-state index is 11.1. The number of fused-ring (bicyclic) bond motifs is 1. The third-order valence-corrected chi connectivity index (χ3v) is 7.75. The molecule has 0 radical (unpaired) electrons. The molecule has 0 saturated heterocycles. The number of thiocarbonyl (C=S) groups is 1. The molecule has 0 aliphatic rings. The number of nitrogens with zero attached hydrogens (tertiary/aromatic N) is 1. The van der Waals surface area contributed by atoms with Gasteiger partial charge in [-0.15, -0.1) is 22.7 Å². The van der Waals surface area contributed by atoms with Crippen molar-refractivity contribution in [2.24, 2.45) is 0 Å². The zero-order chi connectivity index (χ0) is 19.5. The fourth-order valence-electron chi connectivity index (χ4n) is 2.99. The van der Waals surface area contributed by atoms with Gasteiger partial charge in [0.15, 0.2) is 6.29 Å². The summed E-state index contributed by atoms with van der Waals surface area (Å²) >= 11 is 9.68. The minimum Gasteiger partial charge on any atom is -0.366 e. The molecule has 0 aromatic carbocycles. The van der Waals surface area contributed by atoms with E-state index in [0.29, 0.717) is 4.91 Å². The Labute approximate surface area is 181 Å². The van der Waals surface area contributed by atoms with Gasteiger partial charge in [-0.25, -0.2) is 0 Å². The Hall–Kier alpha value is -0.690. The lowest BCUT2D eigenvalue weighted by atomic mass is 10.1. The number of rotatable bonds is 14. The Balaban J connectivity index is 1.80. The number of carbonyl (C=O) groups is 1. The molecule has 2 aromatic rings. The number of hydrogen-bond donors (Lipinski definition) is 0. The molecule has 0 aliphatic carbocycles. The van der Waals surface area contributed by atoms with Crippen LogP contribution in [-0.2, 0) is 4.79 Å². The number of thiophene rings is 2. The predicted molar refractivity (Wildman–Crippen MR) is 131 cm³/mol. The lowest BCUT2D eigenvalue weighted by molar-refractivity contribution is -0.104. The molecule has 0 bridgehead atoms. The lowest BCUT2D eigenvalue weighted by Crippen LogP contribution is -2.16. The Morgan fingerprint density at radius 2 is 1.74 bits per heavy atom. The summed E-state index contributed by atoms with van der Waals surface area (Å²) in [7, 11) is 2.19. The van der Waals surface area contributed by atoms with Gasteiger partial charge in [-0.3, -0.25) is 4.79 Å². The van der Waals surface area contributed by atoms with E-state index in [4.69, 9.17) is 12.2 Å². The van der Waals surface area contributed by atoms with Crippen LogP contribution in [0.25, 0.3) is 15.5 Å². The molecule has 2 heterocycles. The summed E-state index contributed by atoms with van der Waals surface area (Å²) in [6.07, 6.45) is 13.6. The number of hydrogen-bond acceptors (Lipinski definition) is 6. The van der Waals surface area contributed by atoms with Crippen LogP contribution >= 0.6 is 46.7 Å². The van der Waals surface area contributed by atoms with Gasteiger partial charge in [0.05, 0.1) is 9.91 Å². The average molecular weight is 440 g/mol. The molecule has 2 nitrogen and oxygen atoms in total. The number of aldehydes is 1. The first-order valence-corrected chi connectivity index (χ1v) is 12.7. The van der Waals surface area contributed by atoms with Crippen LogP contribution in [0.2, 0.25) is 0 Å². The molecule has 0 fully saturated rings. The van der Waals surface area contributed by atoms with Crippen LogP contribution in [-0.4, -0.2) is 24.6 Å². The molecule has 0 spiro atoms. The van der Waals surface area contributed by atoms with Gasteiger partial charge in [0.25, 0.3) is 0 Å². The summed E-state index contributed by atoms with van der Waals surface area (Å²) in [5.74, 6) is 0. The lowest BCUT2D eigenvalue weighted by Gasteiger charge is -2.16. The summed E-state index contributed by atoms with van der Waals surface area (Å²) < 4.78 is 4.11. The highest BCUT2D eigenvalue weighted by Gasteiger charge is 2.10. The predicted octanol–water partition coefficient (Wildman–Crippen LogP) is 7.77. The van der Waals surface area contributed by atoms with Crippen molar-refractivity contribution in [1.82, 2.24) is 0 Å². The molecule has 27 heavy (non-hydrogen) atoms. The second kappa shape index (κ2) is 12.7. The molecule has 0 N–H and O–H groups in total. The first-order chi connectivity index (χ1) is 13.2. The third-order valence-electron chi connectivity index (χ3n) is 4.52. The maximum Gasteiger partial charge on any atom is 0.156 e. The fourth-order valence-corrected chi connectivity index (χ4v) is 6.10. The number of allylic oxidation sites excluding steroid dienone is 1. The fraction of sp³-hybridized carbons (Fsp3) is 0.524.